The van der Waals surface area contributed by atoms with Crippen molar-refractivity contribution in [2.45, 2.75) is 4.90 Å². The van der Waals surface area contributed by atoms with E-state index in [1.807, 2.05) is 5.38 Å². The zero-order chi connectivity index (χ0) is 13.9. The summed E-state index contributed by atoms with van der Waals surface area (Å²) >= 11 is 1.43. The summed E-state index contributed by atoms with van der Waals surface area (Å²) in [6.45, 7) is 0. The van der Waals surface area contributed by atoms with Gasteiger partial charge in [0.25, 0.3) is 5.91 Å². The molecule has 100 valence electrons. The Morgan fingerprint density at radius 3 is 2.47 bits per heavy atom. The van der Waals surface area contributed by atoms with Gasteiger partial charge in [-0.2, -0.15) is 15.7 Å². The smallest absolute Gasteiger partial charge is 0.285 e. The van der Waals surface area contributed by atoms with Gasteiger partial charge in [-0.05, 0) is 35.7 Å². The predicted octanol–water partition coefficient (Wildman–Crippen LogP) is 3.05. The molecule has 19 heavy (non-hydrogen) atoms. The summed E-state index contributed by atoms with van der Waals surface area (Å²) in [5, 5.41) is 3.55. The average molecular weight is 295 g/mol. The van der Waals surface area contributed by atoms with Crippen LogP contribution in [0.1, 0.15) is 10.4 Å². The Balaban J connectivity index is 2.32. The van der Waals surface area contributed by atoms with Gasteiger partial charge in [0.15, 0.2) is 0 Å². The second-order valence-corrected chi connectivity index (χ2v) is 6.93. The van der Waals surface area contributed by atoms with Crippen LogP contribution in [0.3, 0.4) is 0 Å². The van der Waals surface area contributed by atoms with E-state index in [2.05, 4.69) is 4.36 Å². The molecule has 2 rings (SSSR count). The van der Waals surface area contributed by atoms with Crippen LogP contribution in [0.25, 0.3) is 0 Å². The highest BCUT2D eigenvalue weighted by atomic mass is 32.2. The van der Waals surface area contributed by atoms with Crippen LogP contribution in [0.5, 0.6) is 5.75 Å². The lowest BCUT2D eigenvalue weighted by atomic mass is 10.2. The van der Waals surface area contributed by atoms with Crippen molar-refractivity contribution in [3.8, 4) is 5.75 Å². The molecule has 0 N–H and O–H groups in total. The van der Waals surface area contributed by atoms with Crippen molar-refractivity contribution < 1.29 is 13.7 Å². The number of hydrogen-bond acceptors (Lipinski definition) is 4. The molecule has 0 spiro atoms. The van der Waals surface area contributed by atoms with Gasteiger partial charge >= 0.3 is 0 Å². The molecule has 1 aromatic carbocycles. The fourth-order valence-corrected chi connectivity index (χ4v) is 3.80. The first-order valence-corrected chi connectivity index (χ1v) is 8.32. The molecule has 6 heteroatoms. The summed E-state index contributed by atoms with van der Waals surface area (Å²) < 4.78 is 21.2. The number of rotatable bonds is 3. The highest BCUT2D eigenvalue weighted by Gasteiger charge is 2.11. The molecule has 0 unspecified atom stereocenters. The molecule has 0 aliphatic rings. The number of ether oxygens (including phenoxy) is 1. The Bertz CT molecular complexity index is 681. The number of carbonyl (C=O) groups excluding carboxylic acids is 1. The molecule has 0 saturated carbocycles. The normalized spacial score (nSPS) is 13.6. The first-order chi connectivity index (χ1) is 9.03. The van der Waals surface area contributed by atoms with Gasteiger partial charge in [0.1, 0.15) is 5.75 Å². The van der Waals surface area contributed by atoms with Crippen molar-refractivity contribution in [1.82, 2.24) is 0 Å². The molecule has 1 amide bonds. The quantitative estimate of drug-likeness (QED) is 0.874. The molecule has 0 bridgehead atoms. The van der Waals surface area contributed by atoms with Crippen molar-refractivity contribution in [2.75, 3.05) is 13.4 Å². The number of amides is 1. The lowest BCUT2D eigenvalue weighted by Crippen LogP contribution is -2.03. The van der Waals surface area contributed by atoms with Gasteiger partial charge in [0, 0.05) is 17.2 Å². The van der Waals surface area contributed by atoms with Gasteiger partial charge in [-0.1, -0.05) is 0 Å². The maximum Gasteiger partial charge on any atom is 0.285 e. The van der Waals surface area contributed by atoms with E-state index in [-0.39, 0.29) is 0 Å². The minimum absolute atomic E-state index is 0.394. The summed E-state index contributed by atoms with van der Waals surface area (Å²) in [7, 11) is -1.12. The monoisotopic (exact) mass is 295 g/mol. The zero-order valence-electron chi connectivity index (χ0n) is 10.5. The number of carbonyl (C=O) groups is 1. The van der Waals surface area contributed by atoms with E-state index in [0.717, 1.165) is 0 Å². The van der Waals surface area contributed by atoms with E-state index < -0.39 is 15.6 Å². The van der Waals surface area contributed by atoms with Crippen molar-refractivity contribution in [3.63, 3.8) is 0 Å². The minimum Gasteiger partial charge on any atom is -0.497 e. The van der Waals surface area contributed by atoms with Gasteiger partial charge in [0.2, 0.25) is 0 Å². The Kier molecular flexibility index (Phi) is 4.01. The molecular weight excluding hydrogens is 282 g/mol. The molecule has 0 aliphatic heterocycles. The minimum atomic E-state index is -2.68. The molecule has 4 nitrogen and oxygen atoms in total. The number of methoxy groups -OCH3 is 1. The van der Waals surface area contributed by atoms with Crippen LogP contribution < -0.4 is 4.74 Å². The summed E-state index contributed by atoms with van der Waals surface area (Å²) in [6, 6.07) is 8.27. The number of benzene rings is 1. The van der Waals surface area contributed by atoms with Gasteiger partial charge in [-0.3, -0.25) is 4.79 Å². The Morgan fingerprint density at radius 2 is 1.95 bits per heavy atom. The van der Waals surface area contributed by atoms with Crippen LogP contribution in [0.15, 0.2) is 50.4 Å². The standard InChI is InChI=1S/C13H13NO3S2/c1-17-11-5-3-10(4-6-11)13(15)14-19(2,16)12-7-8-18-9-12/h3-9H,1-2H3/t19-/m1/s1. The highest BCUT2D eigenvalue weighted by Crippen LogP contribution is 2.17. The summed E-state index contributed by atoms with van der Waals surface area (Å²) in [4.78, 5) is 12.6. The Hall–Kier alpha value is -1.66. The van der Waals surface area contributed by atoms with Gasteiger partial charge in [0.05, 0.1) is 21.7 Å². The largest absolute Gasteiger partial charge is 0.497 e. The Labute approximate surface area is 116 Å². The van der Waals surface area contributed by atoms with Crippen LogP contribution in [-0.2, 0) is 9.73 Å². The summed E-state index contributed by atoms with van der Waals surface area (Å²) in [5.41, 5.74) is 0.394. The highest BCUT2D eigenvalue weighted by molar-refractivity contribution is 7.93. The molecular formula is C13H13NO3S2. The molecule has 0 saturated heterocycles. The summed E-state index contributed by atoms with van der Waals surface area (Å²) in [5.74, 6) is 0.174. The first-order valence-electron chi connectivity index (χ1n) is 5.46. The van der Waals surface area contributed by atoms with Crippen LogP contribution in [0.2, 0.25) is 0 Å². The topological polar surface area (TPSA) is 55.7 Å². The van der Waals surface area contributed by atoms with E-state index in [0.29, 0.717) is 16.2 Å². The predicted molar refractivity (Wildman–Crippen MR) is 76.4 cm³/mol. The molecule has 2 aromatic rings. The second-order valence-electron chi connectivity index (χ2n) is 3.89. The first kappa shape index (κ1) is 13.8. The molecule has 0 aliphatic carbocycles. The molecule has 0 fully saturated rings. The third kappa shape index (κ3) is 3.21. The zero-order valence-corrected chi connectivity index (χ0v) is 12.2. The van der Waals surface area contributed by atoms with Gasteiger partial charge in [-0.25, -0.2) is 4.21 Å². The Morgan fingerprint density at radius 1 is 1.26 bits per heavy atom. The van der Waals surface area contributed by atoms with Gasteiger partial charge < -0.3 is 4.74 Å². The molecule has 1 heterocycles. The van der Waals surface area contributed by atoms with E-state index in [9.17, 15) is 9.00 Å². The maximum atomic E-state index is 12.4. The molecule has 1 aromatic heterocycles. The number of thiophene rings is 1. The van der Waals surface area contributed by atoms with Crippen molar-refractivity contribution in [2.24, 2.45) is 4.36 Å². The van der Waals surface area contributed by atoms with E-state index in [1.54, 1.807) is 42.8 Å². The van der Waals surface area contributed by atoms with Crippen LogP contribution in [0, 0.1) is 0 Å². The van der Waals surface area contributed by atoms with E-state index in [4.69, 9.17) is 4.74 Å². The third-order valence-electron chi connectivity index (χ3n) is 2.53. The molecule has 0 radical (unpaired) electrons. The third-order valence-corrected chi connectivity index (χ3v) is 5.00. The van der Waals surface area contributed by atoms with Gasteiger partial charge in [-0.15, -0.1) is 0 Å². The lowest BCUT2D eigenvalue weighted by molar-refractivity contribution is 0.100. The van der Waals surface area contributed by atoms with E-state index >= 15 is 0 Å². The average Bonchev–Trinajstić information content (AvgIpc) is 2.93. The fourth-order valence-electron chi connectivity index (χ4n) is 1.46. The van der Waals surface area contributed by atoms with Crippen molar-refractivity contribution in [1.29, 1.82) is 0 Å². The maximum absolute atomic E-state index is 12.4. The van der Waals surface area contributed by atoms with E-state index in [1.165, 1.54) is 17.6 Å². The second kappa shape index (κ2) is 5.54. The number of hydrogen-bond donors (Lipinski definition) is 0. The van der Waals surface area contributed by atoms with Crippen molar-refractivity contribution >= 4 is 27.0 Å². The fraction of sp³-hybridized carbons (Fsp3) is 0.154. The van der Waals surface area contributed by atoms with Crippen LogP contribution in [0.4, 0.5) is 0 Å². The molecule has 1 atom stereocenters. The lowest BCUT2D eigenvalue weighted by Gasteiger charge is -2.02. The summed E-state index contributed by atoms with van der Waals surface area (Å²) in [6.07, 6.45) is 1.47. The van der Waals surface area contributed by atoms with Crippen LogP contribution >= 0.6 is 11.3 Å². The van der Waals surface area contributed by atoms with Crippen molar-refractivity contribution in [3.05, 3.63) is 46.7 Å². The van der Waals surface area contributed by atoms with Crippen LogP contribution in [-0.4, -0.2) is 23.5 Å². The number of nitrogens with zero attached hydrogens (tertiary/aromatic N) is 1. The SMILES string of the molecule is COc1ccc(C(=O)N=[S@](C)(=O)c2ccsc2)cc1.